The van der Waals surface area contributed by atoms with Crippen molar-refractivity contribution >= 4 is 54.0 Å². The molecule has 6 aromatic rings. The number of nitrogens with one attached hydrogen (secondary N) is 2. The monoisotopic (exact) mass is 898 g/mol. The molecule has 1 fully saturated rings. The van der Waals surface area contributed by atoms with E-state index in [0.717, 1.165) is 27.6 Å². The summed E-state index contributed by atoms with van der Waals surface area (Å²) in [6.07, 6.45) is -0.136. The fourth-order valence-electron chi connectivity index (χ4n) is 10.5. The molecule has 66 heavy (non-hydrogen) atoms. The summed E-state index contributed by atoms with van der Waals surface area (Å²) in [6, 6.07) is 46.6. The van der Waals surface area contributed by atoms with Crippen LogP contribution in [0.15, 0.2) is 152 Å². The maximum absolute atomic E-state index is 15.7. The van der Waals surface area contributed by atoms with E-state index in [-0.39, 0.29) is 48.7 Å². The van der Waals surface area contributed by atoms with Crippen LogP contribution in [0.3, 0.4) is 0 Å². The molecule has 5 atom stereocenters. The molecule has 0 aromatic heterocycles. The van der Waals surface area contributed by atoms with Crippen LogP contribution in [0.1, 0.15) is 56.3 Å². The fourth-order valence-corrected chi connectivity index (χ4v) is 14.6. The summed E-state index contributed by atoms with van der Waals surface area (Å²) in [4.78, 5) is 60.6. The molecule has 4 amide bonds. The second-order valence-corrected chi connectivity index (χ2v) is 22.8. The number of amides is 4. The highest BCUT2D eigenvalue weighted by Gasteiger charge is 2.66. The number of aliphatic hydroxyl groups is 1. The van der Waals surface area contributed by atoms with Gasteiger partial charge in [-0.1, -0.05) is 110 Å². The van der Waals surface area contributed by atoms with Crippen molar-refractivity contribution in [1.82, 2.24) is 4.90 Å². The Bertz CT molecular complexity index is 2770. The van der Waals surface area contributed by atoms with Crippen molar-refractivity contribution < 1.29 is 33.8 Å². The Morgan fingerprint density at radius 3 is 1.98 bits per heavy atom. The number of rotatable bonds is 12. The van der Waals surface area contributed by atoms with Crippen LogP contribution < -0.4 is 25.5 Å². The highest BCUT2D eigenvalue weighted by atomic mass is 28.3. The largest absolute Gasteiger partial charge is 0.497 e. The zero-order valence-electron chi connectivity index (χ0n) is 37.6. The lowest BCUT2D eigenvalue weighted by Crippen LogP contribution is -2.52. The Hall–Kier alpha value is -6.86. The van der Waals surface area contributed by atoms with Gasteiger partial charge in [-0.05, 0) is 95.4 Å². The molecule has 0 saturated carbocycles. The molecule has 0 bridgehead atoms. The highest BCUT2D eigenvalue weighted by molar-refractivity contribution is 6.91. The number of carbonyl (C=O) groups is 4. The van der Waals surface area contributed by atoms with Gasteiger partial charge in [0.1, 0.15) is 5.75 Å². The van der Waals surface area contributed by atoms with Crippen molar-refractivity contribution in [2.45, 2.75) is 69.2 Å². The van der Waals surface area contributed by atoms with Crippen LogP contribution in [0.2, 0.25) is 18.6 Å². The van der Waals surface area contributed by atoms with E-state index >= 15 is 4.79 Å². The number of anilines is 3. The van der Waals surface area contributed by atoms with E-state index in [0.29, 0.717) is 46.7 Å². The third-order valence-corrected chi connectivity index (χ3v) is 18.3. The lowest BCUT2D eigenvalue weighted by Gasteiger charge is -2.39. The average molecular weight is 899 g/mol. The molecule has 1 spiro atoms. The summed E-state index contributed by atoms with van der Waals surface area (Å²) in [5, 5.41) is 17.8. The summed E-state index contributed by atoms with van der Waals surface area (Å²) < 4.78 is 12.9. The van der Waals surface area contributed by atoms with E-state index in [4.69, 9.17) is 9.47 Å². The number of methoxy groups -OCH3 is 1. The number of aliphatic hydroxyl groups excluding tert-OH is 1. The van der Waals surface area contributed by atoms with Gasteiger partial charge in [-0.2, -0.15) is 0 Å². The van der Waals surface area contributed by atoms with Gasteiger partial charge in [0.2, 0.25) is 5.91 Å². The standard InChI is InChI=1S/C54H54N4O7Si/c1-35-50(66(3,4)45-26-24-44(64-2)25-27-45)48(31-49(60)57-33-40-18-12-11-17-39(40)29-43(57)34-59)65-54(35)46-30-42(56-52(62)38-15-9-6-10-16-38)23-28-47(46)58(53(54)63)32-36-19-21-41(22-20-36)55-51(61)37-13-7-5-8-14-37/h5-28,30,35,43,48,50,59H,29,31-34H2,1-4H3,(H,55,61)(H,56,62)/t35-,43-,48+,50-,54+/m0/s1. The zero-order valence-corrected chi connectivity index (χ0v) is 38.6. The third kappa shape index (κ3) is 8.21. The van der Waals surface area contributed by atoms with Gasteiger partial charge in [0.25, 0.3) is 17.7 Å². The smallest absolute Gasteiger partial charge is 0.264 e. The summed E-state index contributed by atoms with van der Waals surface area (Å²) >= 11 is 0. The predicted molar refractivity (Wildman–Crippen MR) is 259 cm³/mol. The van der Waals surface area contributed by atoms with Gasteiger partial charge < -0.3 is 35.0 Å². The molecular weight excluding hydrogens is 845 g/mol. The number of hydrogen-bond acceptors (Lipinski definition) is 7. The molecule has 6 aromatic carbocycles. The first-order valence-electron chi connectivity index (χ1n) is 22.5. The minimum absolute atomic E-state index is 0.00518. The normalized spacial score (nSPS) is 21.0. The molecule has 3 heterocycles. The molecule has 0 radical (unpaired) electrons. The van der Waals surface area contributed by atoms with E-state index in [1.807, 2.05) is 109 Å². The Balaban J connectivity index is 1.10. The summed E-state index contributed by atoms with van der Waals surface area (Å²) in [5.74, 6) is -0.610. The van der Waals surface area contributed by atoms with Crippen molar-refractivity contribution in [3.05, 3.63) is 185 Å². The maximum Gasteiger partial charge on any atom is 0.264 e. The van der Waals surface area contributed by atoms with Crippen molar-refractivity contribution in [2.75, 3.05) is 29.3 Å². The Morgan fingerprint density at radius 2 is 1.36 bits per heavy atom. The summed E-state index contributed by atoms with van der Waals surface area (Å²) in [6.45, 7) is 7.01. The molecule has 0 unspecified atom stereocenters. The van der Waals surface area contributed by atoms with Gasteiger partial charge in [-0.15, -0.1) is 0 Å². The second-order valence-electron chi connectivity index (χ2n) is 18.2. The van der Waals surface area contributed by atoms with Gasteiger partial charge in [0.05, 0.1) is 52.6 Å². The van der Waals surface area contributed by atoms with Crippen LogP contribution in [0.4, 0.5) is 17.1 Å². The molecule has 12 heteroatoms. The van der Waals surface area contributed by atoms with E-state index in [2.05, 4.69) is 42.8 Å². The SMILES string of the molecule is COc1ccc([Si](C)(C)[C@@H]2[C@@H](CC(=O)N3Cc4ccccc4C[C@H]3CO)O[C@]3(C(=O)N(Cc4ccc(NC(=O)c5ccccc5)cc4)c4ccc(NC(=O)c5ccccc5)cc43)[C@H]2C)cc1. The predicted octanol–water partition coefficient (Wildman–Crippen LogP) is 8.30. The van der Waals surface area contributed by atoms with E-state index < -0.39 is 31.7 Å². The quantitative estimate of drug-likeness (QED) is 0.105. The Labute approximate surface area is 386 Å². The number of ether oxygens (including phenoxy) is 2. The first-order chi connectivity index (χ1) is 31.9. The second kappa shape index (κ2) is 18.2. The topological polar surface area (TPSA) is 138 Å². The minimum atomic E-state index is -2.65. The molecule has 9 rings (SSSR count). The number of hydrogen-bond donors (Lipinski definition) is 3. The molecule has 3 aliphatic rings. The van der Waals surface area contributed by atoms with Gasteiger partial charge in [-0.25, -0.2) is 0 Å². The third-order valence-electron chi connectivity index (χ3n) is 14.0. The minimum Gasteiger partial charge on any atom is -0.497 e. The van der Waals surface area contributed by atoms with Crippen LogP contribution in [-0.2, 0) is 39.4 Å². The Morgan fingerprint density at radius 1 is 0.773 bits per heavy atom. The highest BCUT2D eigenvalue weighted by Crippen LogP contribution is 2.60. The van der Waals surface area contributed by atoms with Gasteiger partial charge in [0.15, 0.2) is 5.60 Å². The number of nitrogens with zero attached hydrogens (tertiary/aromatic N) is 2. The van der Waals surface area contributed by atoms with Crippen molar-refractivity contribution in [1.29, 1.82) is 0 Å². The number of benzene rings is 6. The molecule has 336 valence electrons. The van der Waals surface area contributed by atoms with Crippen LogP contribution in [0, 0.1) is 5.92 Å². The number of fused-ring (bicyclic) bond motifs is 3. The van der Waals surface area contributed by atoms with Crippen LogP contribution >= 0.6 is 0 Å². The lowest BCUT2D eigenvalue weighted by atomic mass is 9.82. The lowest BCUT2D eigenvalue weighted by molar-refractivity contribution is -0.151. The van der Waals surface area contributed by atoms with Crippen molar-refractivity contribution in [3.8, 4) is 5.75 Å². The van der Waals surface area contributed by atoms with E-state index in [9.17, 15) is 19.5 Å². The zero-order chi connectivity index (χ0) is 46.2. The fraction of sp³-hybridized carbons (Fsp3) is 0.259. The van der Waals surface area contributed by atoms with Crippen LogP contribution in [0.5, 0.6) is 5.75 Å². The molecular formula is C54H54N4O7Si. The average Bonchev–Trinajstić information content (AvgIpc) is 3.77. The Kier molecular flexibility index (Phi) is 12.2. The molecule has 3 N–H and O–H groups in total. The van der Waals surface area contributed by atoms with Crippen LogP contribution in [0.25, 0.3) is 0 Å². The first-order valence-corrected chi connectivity index (χ1v) is 25.6. The maximum atomic E-state index is 15.7. The molecule has 0 aliphatic carbocycles. The van der Waals surface area contributed by atoms with Gasteiger partial charge >= 0.3 is 0 Å². The molecule has 3 aliphatic heterocycles. The number of carbonyl (C=O) groups excluding carboxylic acids is 4. The molecule has 1 saturated heterocycles. The van der Waals surface area contributed by atoms with Crippen molar-refractivity contribution in [2.24, 2.45) is 5.92 Å². The first kappa shape index (κ1) is 44.3. The van der Waals surface area contributed by atoms with Gasteiger partial charge in [0, 0.05) is 40.5 Å². The van der Waals surface area contributed by atoms with Crippen molar-refractivity contribution in [3.63, 3.8) is 0 Å². The van der Waals surface area contributed by atoms with E-state index in [1.165, 1.54) is 0 Å². The van der Waals surface area contributed by atoms with Crippen LogP contribution in [-0.4, -0.2) is 67.6 Å². The summed E-state index contributed by atoms with van der Waals surface area (Å²) in [7, 11) is -1.02. The van der Waals surface area contributed by atoms with E-state index in [1.54, 1.807) is 47.2 Å². The summed E-state index contributed by atoms with van der Waals surface area (Å²) in [5.41, 5.74) is 4.65. The molecule has 11 nitrogen and oxygen atoms in total. The van der Waals surface area contributed by atoms with Gasteiger partial charge in [-0.3, -0.25) is 19.2 Å².